The van der Waals surface area contributed by atoms with Gasteiger partial charge in [-0.25, -0.2) is 4.79 Å². The summed E-state index contributed by atoms with van der Waals surface area (Å²) in [6.07, 6.45) is 13.8. The molecule has 3 atom stereocenters. The first kappa shape index (κ1) is 23.2. The van der Waals surface area contributed by atoms with Crippen molar-refractivity contribution in [1.82, 2.24) is 0 Å². The number of alkyl halides is 1. The Kier molecular flexibility index (Phi) is 11.9. The molecule has 1 aliphatic carbocycles. The highest BCUT2D eigenvalue weighted by Gasteiger charge is 2.20. The molecule has 0 bridgehead atoms. The molecule has 148 valence electrons. The third-order valence-electron chi connectivity index (χ3n) is 4.49. The van der Waals surface area contributed by atoms with Gasteiger partial charge in [0.25, 0.3) is 0 Å². The third kappa shape index (κ3) is 9.75. The highest BCUT2D eigenvalue weighted by molar-refractivity contribution is 7.13. The molecule has 0 amide bonds. The highest BCUT2D eigenvalue weighted by atomic mass is 35.5. The fourth-order valence-electron chi connectivity index (χ4n) is 2.99. The molecular weight excluding hydrogens is 368 g/mol. The Morgan fingerprint density at radius 3 is 2.62 bits per heavy atom. The SMILES string of the molecule is CCCCCC(O)/C=C/[C@H]1CC[C@@H](Cl)C1.CCCc1ccc(C(=O)O)s1. The first-order valence-electron chi connectivity index (χ1n) is 9.78. The number of hydrogen-bond acceptors (Lipinski definition) is 3. The van der Waals surface area contributed by atoms with Crippen LogP contribution in [0.1, 0.15) is 79.8 Å². The summed E-state index contributed by atoms with van der Waals surface area (Å²) >= 11 is 7.39. The maximum atomic E-state index is 10.4. The molecule has 0 aromatic carbocycles. The smallest absolute Gasteiger partial charge is 0.345 e. The molecule has 0 spiro atoms. The zero-order valence-corrected chi connectivity index (χ0v) is 17.6. The van der Waals surface area contributed by atoms with E-state index < -0.39 is 5.97 Å². The molecule has 0 aliphatic heterocycles. The summed E-state index contributed by atoms with van der Waals surface area (Å²) in [6.45, 7) is 4.27. The summed E-state index contributed by atoms with van der Waals surface area (Å²) in [6, 6.07) is 3.55. The zero-order chi connectivity index (χ0) is 19.4. The second-order valence-electron chi connectivity index (χ2n) is 6.94. The van der Waals surface area contributed by atoms with Crippen molar-refractivity contribution in [2.24, 2.45) is 5.92 Å². The van der Waals surface area contributed by atoms with Gasteiger partial charge in [-0.05, 0) is 50.2 Å². The van der Waals surface area contributed by atoms with Crippen molar-refractivity contribution in [1.29, 1.82) is 0 Å². The standard InChI is InChI=1S/C13H23ClO.C8H10O2S/c1-2-3-4-5-13(15)9-7-11-6-8-12(14)10-11;1-2-3-6-4-5-7(11-6)8(9)10/h7,9,11-13,15H,2-6,8,10H2,1H3;4-5H,2-3H2,1H3,(H,9,10)/b9-7+;/t11-,12-,13?;/m1./s1. The number of rotatable bonds is 9. The average Bonchev–Trinajstić information content (AvgIpc) is 3.23. The van der Waals surface area contributed by atoms with E-state index in [4.69, 9.17) is 16.7 Å². The van der Waals surface area contributed by atoms with Gasteiger partial charge in [0.1, 0.15) is 4.88 Å². The molecule has 1 saturated carbocycles. The van der Waals surface area contributed by atoms with Crippen molar-refractivity contribution < 1.29 is 15.0 Å². The van der Waals surface area contributed by atoms with E-state index in [2.05, 4.69) is 19.9 Å². The number of carboxylic acids is 1. The molecule has 26 heavy (non-hydrogen) atoms. The number of aromatic carboxylic acids is 1. The highest BCUT2D eigenvalue weighted by Crippen LogP contribution is 2.30. The van der Waals surface area contributed by atoms with Crippen LogP contribution in [0.4, 0.5) is 0 Å². The Balaban J connectivity index is 0.000000273. The maximum absolute atomic E-state index is 10.4. The molecule has 2 N–H and O–H groups in total. The van der Waals surface area contributed by atoms with Gasteiger partial charge in [-0.15, -0.1) is 22.9 Å². The topological polar surface area (TPSA) is 57.5 Å². The summed E-state index contributed by atoms with van der Waals surface area (Å²) in [7, 11) is 0. The number of aliphatic hydroxyl groups is 1. The number of allylic oxidation sites excluding steroid dienone is 1. The lowest BCUT2D eigenvalue weighted by Gasteiger charge is -2.06. The van der Waals surface area contributed by atoms with Gasteiger partial charge < -0.3 is 10.2 Å². The molecule has 3 nitrogen and oxygen atoms in total. The maximum Gasteiger partial charge on any atom is 0.345 e. The molecule has 0 saturated heterocycles. The zero-order valence-electron chi connectivity index (χ0n) is 16.0. The molecule has 5 heteroatoms. The van der Waals surface area contributed by atoms with Crippen LogP contribution < -0.4 is 0 Å². The second kappa shape index (κ2) is 13.3. The summed E-state index contributed by atoms with van der Waals surface area (Å²) in [5.74, 6) is -0.217. The van der Waals surface area contributed by atoms with Gasteiger partial charge in [-0.1, -0.05) is 51.7 Å². The van der Waals surface area contributed by atoms with Crippen LogP contribution in [0, 0.1) is 5.92 Å². The van der Waals surface area contributed by atoms with Gasteiger partial charge in [0.15, 0.2) is 0 Å². The molecule has 1 aliphatic rings. The fraction of sp³-hybridized carbons (Fsp3) is 0.667. The van der Waals surface area contributed by atoms with Gasteiger partial charge in [0, 0.05) is 10.3 Å². The van der Waals surface area contributed by atoms with E-state index in [1.54, 1.807) is 6.07 Å². The Morgan fingerprint density at radius 1 is 1.31 bits per heavy atom. The van der Waals surface area contributed by atoms with Gasteiger partial charge in [-0.2, -0.15) is 0 Å². The minimum absolute atomic E-state index is 0.245. The molecule has 0 radical (unpaired) electrons. The van der Waals surface area contributed by atoms with E-state index in [-0.39, 0.29) is 6.10 Å². The van der Waals surface area contributed by atoms with Crippen LogP contribution in [-0.2, 0) is 6.42 Å². The second-order valence-corrected chi connectivity index (χ2v) is 8.73. The van der Waals surface area contributed by atoms with E-state index in [9.17, 15) is 9.90 Å². The molecule has 1 aromatic heterocycles. The van der Waals surface area contributed by atoms with Crippen molar-refractivity contribution in [2.45, 2.75) is 83.1 Å². The Bertz CT molecular complexity index is 541. The van der Waals surface area contributed by atoms with E-state index in [1.165, 1.54) is 30.6 Å². The van der Waals surface area contributed by atoms with Crippen LogP contribution in [0.2, 0.25) is 0 Å². The minimum Gasteiger partial charge on any atom is -0.477 e. The third-order valence-corrected chi connectivity index (χ3v) is 6.02. The monoisotopic (exact) mass is 400 g/mol. The van der Waals surface area contributed by atoms with E-state index in [0.717, 1.165) is 43.4 Å². The van der Waals surface area contributed by atoms with Crippen molar-refractivity contribution in [3.63, 3.8) is 0 Å². The number of hydrogen-bond donors (Lipinski definition) is 2. The molecule has 1 aromatic rings. The number of unbranched alkanes of at least 4 members (excludes halogenated alkanes) is 2. The van der Waals surface area contributed by atoms with Gasteiger partial charge in [-0.3, -0.25) is 0 Å². The van der Waals surface area contributed by atoms with Crippen molar-refractivity contribution in [3.05, 3.63) is 34.0 Å². The summed E-state index contributed by atoms with van der Waals surface area (Å²) in [5.41, 5.74) is 0. The molecule has 1 heterocycles. The van der Waals surface area contributed by atoms with Crippen LogP contribution in [0.3, 0.4) is 0 Å². The normalized spacial score (nSPS) is 20.8. The first-order chi connectivity index (χ1) is 12.5. The minimum atomic E-state index is -0.822. The van der Waals surface area contributed by atoms with Crippen LogP contribution in [0.15, 0.2) is 24.3 Å². The number of thiophene rings is 1. The number of aryl methyl sites for hydroxylation is 1. The summed E-state index contributed by atoms with van der Waals surface area (Å²) in [5, 5.41) is 18.6. The van der Waals surface area contributed by atoms with Crippen molar-refractivity contribution in [2.75, 3.05) is 0 Å². The predicted octanol–water partition coefficient (Wildman–Crippen LogP) is 6.29. The van der Waals surface area contributed by atoms with E-state index >= 15 is 0 Å². The summed E-state index contributed by atoms with van der Waals surface area (Å²) in [4.78, 5) is 12.0. The molecule has 1 fully saturated rings. The van der Waals surface area contributed by atoms with Crippen LogP contribution in [-0.4, -0.2) is 27.7 Å². The van der Waals surface area contributed by atoms with Gasteiger partial charge >= 0.3 is 5.97 Å². The van der Waals surface area contributed by atoms with E-state index in [0.29, 0.717) is 16.2 Å². The largest absolute Gasteiger partial charge is 0.477 e. The number of aliphatic hydroxyl groups excluding tert-OH is 1. The lowest BCUT2D eigenvalue weighted by atomic mass is 10.0. The molecule has 1 unspecified atom stereocenters. The quantitative estimate of drug-likeness (QED) is 0.291. The Labute approximate surface area is 167 Å². The number of carboxylic acid groups (broad SMARTS) is 1. The van der Waals surface area contributed by atoms with Crippen LogP contribution in [0.5, 0.6) is 0 Å². The summed E-state index contributed by atoms with van der Waals surface area (Å²) < 4.78 is 0. The van der Waals surface area contributed by atoms with Crippen molar-refractivity contribution >= 4 is 28.9 Å². The lowest BCUT2D eigenvalue weighted by molar-refractivity contribution is 0.0702. The molecule has 2 rings (SSSR count). The number of carbonyl (C=O) groups is 1. The van der Waals surface area contributed by atoms with Crippen LogP contribution in [0.25, 0.3) is 0 Å². The van der Waals surface area contributed by atoms with Gasteiger partial charge in [0.05, 0.1) is 6.10 Å². The number of halogens is 1. The van der Waals surface area contributed by atoms with E-state index in [1.807, 2.05) is 12.1 Å². The predicted molar refractivity (Wildman–Crippen MR) is 112 cm³/mol. The van der Waals surface area contributed by atoms with Crippen molar-refractivity contribution in [3.8, 4) is 0 Å². The van der Waals surface area contributed by atoms with Crippen LogP contribution >= 0.6 is 22.9 Å². The fourth-order valence-corrected chi connectivity index (χ4v) is 4.30. The lowest BCUT2D eigenvalue weighted by Crippen LogP contribution is -2.02. The van der Waals surface area contributed by atoms with Gasteiger partial charge in [0.2, 0.25) is 0 Å². The Morgan fingerprint density at radius 2 is 2.08 bits per heavy atom. The molecular formula is C21H33ClO3S. The average molecular weight is 401 g/mol. The first-order valence-corrected chi connectivity index (χ1v) is 11.0. The Hall–Kier alpha value is -0.840.